The minimum absolute atomic E-state index is 0.00960. The van der Waals surface area contributed by atoms with Gasteiger partial charge < -0.3 is 25.8 Å². The summed E-state index contributed by atoms with van der Waals surface area (Å²) in [7, 11) is 6.55. The summed E-state index contributed by atoms with van der Waals surface area (Å²) >= 11 is 0. The number of anilines is 3. The van der Waals surface area contributed by atoms with Crippen molar-refractivity contribution in [2.24, 2.45) is 5.92 Å². The summed E-state index contributed by atoms with van der Waals surface area (Å²) in [5.74, 6) is -0.588. The summed E-state index contributed by atoms with van der Waals surface area (Å²) < 4.78 is 40.3. The second-order valence-corrected chi connectivity index (χ2v) is 11.9. The Morgan fingerprint density at radius 3 is 2.29 bits per heavy atom. The SMILES string of the molecule is CC1(NC(=O)C2CC(Nc3nc(Nc4ccc(C=O)cc4)ncc3C(F)(F)F)C2)CC1.CN1CCC(N(C)C)CC1. The molecule has 0 radical (unpaired) electrons. The van der Waals surface area contributed by atoms with Crippen LogP contribution in [0, 0.1) is 5.92 Å². The Labute approximate surface area is 239 Å². The Morgan fingerprint density at radius 2 is 1.76 bits per heavy atom. The maximum atomic E-state index is 13.4. The Kier molecular flexibility index (Phi) is 9.53. The van der Waals surface area contributed by atoms with Crippen LogP contribution < -0.4 is 16.0 Å². The van der Waals surface area contributed by atoms with E-state index in [1.807, 2.05) is 6.92 Å². The zero-order chi connectivity index (χ0) is 29.8. The van der Waals surface area contributed by atoms with Crippen LogP contribution >= 0.6 is 0 Å². The van der Waals surface area contributed by atoms with Gasteiger partial charge >= 0.3 is 6.18 Å². The second-order valence-electron chi connectivity index (χ2n) is 11.9. The second kappa shape index (κ2) is 12.7. The van der Waals surface area contributed by atoms with Gasteiger partial charge in [0.15, 0.2) is 0 Å². The first-order chi connectivity index (χ1) is 19.3. The van der Waals surface area contributed by atoms with E-state index in [2.05, 4.69) is 56.9 Å². The molecule has 3 fully saturated rings. The van der Waals surface area contributed by atoms with Crippen LogP contribution in [-0.4, -0.2) is 83.8 Å². The molecule has 1 aliphatic heterocycles. The highest BCUT2D eigenvalue weighted by Crippen LogP contribution is 2.39. The van der Waals surface area contributed by atoms with Gasteiger partial charge in [-0.25, -0.2) is 4.98 Å². The number of carbonyl (C=O) groups excluding carboxylic acids is 2. The summed E-state index contributed by atoms with van der Waals surface area (Å²) in [5.41, 5.74) is -0.0746. The molecular formula is C29H40F3N7O2. The van der Waals surface area contributed by atoms with Crippen LogP contribution in [0.4, 0.5) is 30.6 Å². The molecule has 2 aromatic rings. The van der Waals surface area contributed by atoms with Crippen LogP contribution in [0.15, 0.2) is 30.5 Å². The molecule has 1 aromatic carbocycles. The molecule has 224 valence electrons. The molecule has 1 saturated heterocycles. The quantitative estimate of drug-likeness (QED) is 0.394. The molecule has 0 spiro atoms. The van der Waals surface area contributed by atoms with Crippen LogP contribution in [0.3, 0.4) is 0 Å². The molecule has 1 amide bonds. The molecule has 2 aliphatic carbocycles. The molecule has 12 heteroatoms. The van der Waals surface area contributed by atoms with Crippen molar-refractivity contribution in [1.82, 2.24) is 25.1 Å². The summed E-state index contributed by atoms with van der Waals surface area (Å²) in [6, 6.07) is 6.90. The highest BCUT2D eigenvalue weighted by Gasteiger charge is 2.43. The molecule has 0 atom stereocenters. The maximum Gasteiger partial charge on any atom is 0.421 e. The first-order valence-corrected chi connectivity index (χ1v) is 14.1. The minimum atomic E-state index is -4.62. The highest BCUT2D eigenvalue weighted by molar-refractivity contribution is 5.81. The lowest BCUT2D eigenvalue weighted by Gasteiger charge is -2.36. The standard InChI is InChI=1S/C21H22F3N5O2.C8H18N2/c1-20(6-7-20)29-18(31)13-8-15(9-13)26-17-16(21(22,23)24)10-25-19(28-17)27-14-4-2-12(11-30)3-5-14;1-9(2)8-4-6-10(3)7-5-8/h2-5,10-11,13,15H,6-9H2,1H3,(H,29,31)(H2,25,26,27,28);8H,4-7H2,1-3H3. The third-order valence-corrected chi connectivity index (χ3v) is 8.09. The normalized spacial score (nSPS) is 22.1. The highest BCUT2D eigenvalue weighted by atomic mass is 19.4. The van der Waals surface area contributed by atoms with Crippen LogP contribution in [0.2, 0.25) is 0 Å². The smallest absolute Gasteiger partial charge is 0.367 e. The Hall–Kier alpha value is -3.25. The first kappa shape index (κ1) is 30.7. The third-order valence-electron chi connectivity index (χ3n) is 8.09. The number of aldehydes is 1. The number of piperidine rings is 1. The Balaban J connectivity index is 0.000000328. The number of hydrogen-bond donors (Lipinski definition) is 3. The number of halogens is 3. The number of likely N-dealkylation sites (tertiary alicyclic amines) is 1. The average molecular weight is 576 g/mol. The molecule has 0 unspecified atom stereocenters. The van der Waals surface area contributed by atoms with Gasteiger partial charge in [0.25, 0.3) is 0 Å². The zero-order valence-electron chi connectivity index (χ0n) is 24.1. The summed E-state index contributed by atoms with van der Waals surface area (Å²) in [6.07, 6.45) is 2.28. The topological polar surface area (TPSA) is 102 Å². The van der Waals surface area contributed by atoms with Gasteiger partial charge in [-0.2, -0.15) is 18.2 Å². The van der Waals surface area contributed by atoms with Crippen LogP contribution in [0.5, 0.6) is 0 Å². The minimum Gasteiger partial charge on any atom is -0.367 e. The van der Waals surface area contributed by atoms with Gasteiger partial charge in [-0.1, -0.05) is 0 Å². The van der Waals surface area contributed by atoms with Crippen molar-refractivity contribution in [1.29, 1.82) is 0 Å². The van der Waals surface area contributed by atoms with Crippen LogP contribution in [-0.2, 0) is 11.0 Å². The lowest BCUT2D eigenvalue weighted by Crippen LogP contribution is -2.47. The van der Waals surface area contributed by atoms with E-state index < -0.39 is 11.7 Å². The van der Waals surface area contributed by atoms with Crippen molar-refractivity contribution in [3.05, 3.63) is 41.6 Å². The number of benzene rings is 1. The summed E-state index contributed by atoms with van der Waals surface area (Å²) in [5, 5.41) is 8.65. The van der Waals surface area contributed by atoms with E-state index in [4.69, 9.17) is 0 Å². The van der Waals surface area contributed by atoms with Gasteiger partial charge in [-0.3, -0.25) is 9.59 Å². The number of hydrogen-bond acceptors (Lipinski definition) is 8. The van der Waals surface area contributed by atoms with E-state index >= 15 is 0 Å². The van der Waals surface area contributed by atoms with Gasteiger partial charge in [-0.15, -0.1) is 0 Å². The zero-order valence-corrected chi connectivity index (χ0v) is 24.1. The van der Waals surface area contributed by atoms with Crippen molar-refractivity contribution < 1.29 is 22.8 Å². The summed E-state index contributed by atoms with van der Waals surface area (Å²) in [4.78, 5) is 35.5. The van der Waals surface area contributed by atoms with E-state index in [1.54, 1.807) is 24.3 Å². The molecule has 5 rings (SSSR count). The Morgan fingerprint density at radius 1 is 1.12 bits per heavy atom. The van der Waals surface area contributed by atoms with Crippen LogP contribution in [0.25, 0.3) is 0 Å². The van der Waals surface area contributed by atoms with Gasteiger partial charge in [0.1, 0.15) is 17.7 Å². The fourth-order valence-electron chi connectivity index (χ4n) is 4.90. The molecule has 3 aliphatic rings. The number of aromatic nitrogens is 2. The van der Waals surface area contributed by atoms with E-state index in [-0.39, 0.29) is 35.2 Å². The number of rotatable bonds is 8. The number of nitrogens with zero attached hydrogens (tertiary/aromatic N) is 4. The van der Waals surface area contributed by atoms with Crippen molar-refractivity contribution in [3.8, 4) is 0 Å². The van der Waals surface area contributed by atoms with Crippen molar-refractivity contribution in [3.63, 3.8) is 0 Å². The third kappa shape index (κ3) is 8.62. The van der Waals surface area contributed by atoms with Gasteiger partial charge in [0.05, 0.1) is 0 Å². The molecular weight excluding hydrogens is 535 g/mol. The molecule has 2 heterocycles. The molecule has 2 saturated carbocycles. The molecule has 3 N–H and O–H groups in total. The van der Waals surface area contributed by atoms with E-state index in [1.165, 1.54) is 25.9 Å². The molecule has 41 heavy (non-hydrogen) atoms. The lowest BCUT2D eigenvalue weighted by molar-refractivity contribution is -0.137. The monoisotopic (exact) mass is 575 g/mol. The van der Waals surface area contributed by atoms with Gasteiger partial charge in [0.2, 0.25) is 11.9 Å². The maximum absolute atomic E-state index is 13.4. The van der Waals surface area contributed by atoms with Crippen molar-refractivity contribution in [2.75, 3.05) is 44.9 Å². The molecule has 0 bridgehead atoms. The van der Waals surface area contributed by atoms with Crippen LogP contribution in [0.1, 0.15) is 61.4 Å². The lowest BCUT2D eigenvalue weighted by atomic mass is 9.79. The number of nitrogens with one attached hydrogen (secondary N) is 3. The predicted octanol–water partition coefficient (Wildman–Crippen LogP) is 4.55. The molecule has 1 aromatic heterocycles. The fraction of sp³-hybridized carbons (Fsp3) is 0.586. The van der Waals surface area contributed by atoms with Crippen molar-refractivity contribution in [2.45, 2.75) is 69.2 Å². The fourth-order valence-corrected chi connectivity index (χ4v) is 4.90. The van der Waals surface area contributed by atoms with E-state index in [9.17, 15) is 22.8 Å². The first-order valence-electron chi connectivity index (χ1n) is 14.1. The largest absolute Gasteiger partial charge is 0.421 e. The summed E-state index contributed by atoms with van der Waals surface area (Å²) in [6.45, 7) is 4.52. The van der Waals surface area contributed by atoms with E-state index in [0.717, 1.165) is 25.1 Å². The van der Waals surface area contributed by atoms with Crippen molar-refractivity contribution >= 4 is 29.6 Å². The molecule has 9 nitrogen and oxygen atoms in total. The number of alkyl halides is 3. The number of amides is 1. The predicted molar refractivity (Wildman–Crippen MR) is 152 cm³/mol. The van der Waals surface area contributed by atoms with E-state index in [0.29, 0.717) is 30.4 Å². The number of carbonyl (C=O) groups is 2. The van der Waals surface area contributed by atoms with Gasteiger partial charge in [0, 0.05) is 41.0 Å². The van der Waals surface area contributed by atoms with Gasteiger partial charge in [-0.05, 0) is 104 Å². The average Bonchev–Trinajstić information content (AvgIpc) is 3.62. The Bertz CT molecular complexity index is 1190.